The number of hydrogen-bond acceptors (Lipinski definition) is 2. The van der Waals surface area contributed by atoms with Crippen LogP contribution < -0.4 is 5.32 Å². The van der Waals surface area contributed by atoms with Crippen LogP contribution in [0.1, 0.15) is 36.4 Å². The van der Waals surface area contributed by atoms with Crippen LogP contribution in [0.5, 0.6) is 0 Å². The van der Waals surface area contributed by atoms with E-state index in [1.54, 1.807) is 4.88 Å². The minimum Gasteiger partial charge on any atom is -0.314 e. The van der Waals surface area contributed by atoms with Gasteiger partial charge in [-0.15, -0.1) is 11.3 Å². The number of hydrogen-bond donors (Lipinski definition) is 1. The Bertz CT molecular complexity index is 305. The molecule has 84 valence electrons. The molecule has 1 nitrogen and oxygen atoms in total. The fourth-order valence-corrected chi connectivity index (χ4v) is 3.38. The maximum atomic E-state index is 3.63. The van der Waals surface area contributed by atoms with E-state index in [1.807, 2.05) is 11.3 Å². The lowest BCUT2D eigenvalue weighted by atomic mass is 9.92. The highest BCUT2D eigenvalue weighted by molar-refractivity contribution is 7.11. The van der Waals surface area contributed by atoms with E-state index in [9.17, 15) is 0 Å². The predicted molar refractivity (Wildman–Crippen MR) is 67.6 cm³/mol. The zero-order valence-electron chi connectivity index (χ0n) is 9.75. The molecule has 0 radical (unpaired) electrons. The van der Waals surface area contributed by atoms with E-state index < -0.39 is 0 Å². The van der Waals surface area contributed by atoms with Crippen molar-refractivity contribution in [2.45, 2.75) is 45.6 Å². The van der Waals surface area contributed by atoms with Crippen LogP contribution in [0.15, 0.2) is 12.1 Å². The number of rotatable bonds is 3. The zero-order valence-corrected chi connectivity index (χ0v) is 10.6. The predicted octanol–water partition coefficient (Wildman–Crippen LogP) is 3.24. The lowest BCUT2D eigenvalue weighted by molar-refractivity contribution is 0.319. The van der Waals surface area contributed by atoms with Gasteiger partial charge in [0.25, 0.3) is 0 Å². The van der Waals surface area contributed by atoms with Crippen molar-refractivity contribution in [3.8, 4) is 0 Å². The Morgan fingerprint density at radius 3 is 2.87 bits per heavy atom. The molecule has 2 atom stereocenters. The summed E-state index contributed by atoms with van der Waals surface area (Å²) >= 11 is 1.99. The lowest BCUT2D eigenvalue weighted by Gasteiger charge is -2.27. The first-order valence-corrected chi connectivity index (χ1v) is 6.90. The minimum absolute atomic E-state index is 0.720. The molecule has 0 aliphatic carbocycles. The standard InChI is InChI=1S/C13H21NS/c1-3-12-4-5-13(15-12)9-11-8-10(2)6-7-14-11/h4-5,10-11,14H,3,6-9H2,1-2H3. The van der Waals surface area contributed by atoms with Crippen molar-refractivity contribution in [1.82, 2.24) is 5.32 Å². The zero-order chi connectivity index (χ0) is 10.7. The van der Waals surface area contributed by atoms with Crippen LogP contribution in [0.4, 0.5) is 0 Å². The van der Waals surface area contributed by atoms with E-state index in [2.05, 4.69) is 31.3 Å². The minimum atomic E-state index is 0.720. The average molecular weight is 223 g/mol. The Hall–Kier alpha value is -0.340. The van der Waals surface area contributed by atoms with Crippen molar-refractivity contribution in [2.24, 2.45) is 5.92 Å². The Balaban J connectivity index is 1.90. The van der Waals surface area contributed by atoms with Gasteiger partial charge in [0.05, 0.1) is 0 Å². The molecular weight excluding hydrogens is 202 g/mol. The molecule has 1 aliphatic heterocycles. The van der Waals surface area contributed by atoms with E-state index in [0.717, 1.165) is 12.0 Å². The van der Waals surface area contributed by atoms with Crippen molar-refractivity contribution < 1.29 is 0 Å². The lowest BCUT2D eigenvalue weighted by Crippen LogP contribution is -2.38. The molecule has 1 aromatic rings. The molecule has 15 heavy (non-hydrogen) atoms. The van der Waals surface area contributed by atoms with E-state index in [-0.39, 0.29) is 0 Å². The second-order valence-electron chi connectivity index (χ2n) is 4.71. The molecule has 1 aromatic heterocycles. The Morgan fingerprint density at radius 1 is 1.40 bits per heavy atom. The molecule has 2 heterocycles. The van der Waals surface area contributed by atoms with Crippen molar-refractivity contribution >= 4 is 11.3 Å². The number of thiophene rings is 1. The Morgan fingerprint density at radius 2 is 2.20 bits per heavy atom. The largest absolute Gasteiger partial charge is 0.314 e. The summed E-state index contributed by atoms with van der Waals surface area (Å²) in [5.41, 5.74) is 0. The molecule has 1 saturated heterocycles. The summed E-state index contributed by atoms with van der Waals surface area (Å²) in [4.78, 5) is 3.08. The first-order valence-electron chi connectivity index (χ1n) is 6.09. The second-order valence-corrected chi connectivity index (χ2v) is 5.96. The van der Waals surface area contributed by atoms with E-state index >= 15 is 0 Å². The van der Waals surface area contributed by atoms with Crippen molar-refractivity contribution in [3.05, 3.63) is 21.9 Å². The highest BCUT2D eigenvalue weighted by atomic mass is 32.1. The smallest absolute Gasteiger partial charge is 0.0118 e. The first-order chi connectivity index (χ1) is 7.28. The maximum absolute atomic E-state index is 3.63. The average Bonchev–Trinajstić information content (AvgIpc) is 2.65. The SMILES string of the molecule is CCc1ccc(CC2CC(C)CCN2)s1. The first kappa shape index (κ1) is 11.2. The number of aryl methyl sites for hydroxylation is 1. The summed E-state index contributed by atoms with van der Waals surface area (Å²) in [6.07, 6.45) is 5.11. The third-order valence-corrected chi connectivity index (χ3v) is 4.52. The van der Waals surface area contributed by atoms with Gasteiger partial charge in [0, 0.05) is 15.8 Å². The maximum Gasteiger partial charge on any atom is 0.0118 e. The summed E-state index contributed by atoms with van der Waals surface area (Å²) in [6, 6.07) is 5.31. The van der Waals surface area contributed by atoms with Gasteiger partial charge in [-0.2, -0.15) is 0 Å². The molecule has 0 amide bonds. The third kappa shape index (κ3) is 3.05. The third-order valence-electron chi connectivity index (χ3n) is 3.27. The van der Waals surface area contributed by atoms with Crippen LogP contribution in [0, 0.1) is 5.92 Å². The van der Waals surface area contributed by atoms with Crippen LogP contribution in [0.3, 0.4) is 0 Å². The molecule has 2 unspecified atom stereocenters. The van der Waals surface area contributed by atoms with Crippen LogP contribution in [-0.2, 0) is 12.8 Å². The molecule has 1 fully saturated rings. The fraction of sp³-hybridized carbons (Fsp3) is 0.692. The van der Waals surface area contributed by atoms with Gasteiger partial charge >= 0.3 is 0 Å². The summed E-state index contributed by atoms with van der Waals surface area (Å²) in [7, 11) is 0. The molecular formula is C13H21NS. The van der Waals surface area contributed by atoms with E-state index in [0.29, 0.717) is 0 Å². The van der Waals surface area contributed by atoms with Crippen LogP contribution in [0.25, 0.3) is 0 Å². The van der Waals surface area contributed by atoms with Gasteiger partial charge in [0.1, 0.15) is 0 Å². The quantitative estimate of drug-likeness (QED) is 0.829. The monoisotopic (exact) mass is 223 g/mol. The van der Waals surface area contributed by atoms with Crippen molar-refractivity contribution in [2.75, 3.05) is 6.54 Å². The second kappa shape index (κ2) is 5.13. The fourth-order valence-electron chi connectivity index (χ4n) is 2.34. The molecule has 1 aliphatic rings. The Kier molecular flexibility index (Phi) is 3.81. The molecule has 0 saturated carbocycles. The molecule has 0 aromatic carbocycles. The van der Waals surface area contributed by atoms with Gasteiger partial charge < -0.3 is 5.32 Å². The van der Waals surface area contributed by atoms with Crippen molar-refractivity contribution in [3.63, 3.8) is 0 Å². The van der Waals surface area contributed by atoms with Gasteiger partial charge in [-0.05, 0) is 50.3 Å². The summed E-state index contributed by atoms with van der Waals surface area (Å²) in [5, 5.41) is 3.63. The molecule has 0 bridgehead atoms. The Labute approximate surface area is 96.9 Å². The van der Waals surface area contributed by atoms with Crippen LogP contribution in [-0.4, -0.2) is 12.6 Å². The number of nitrogens with one attached hydrogen (secondary N) is 1. The topological polar surface area (TPSA) is 12.0 Å². The normalized spacial score (nSPS) is 26.8. The molecule has 0 spiro atoms. The highest BCUT2D eigenvalue weighted by Crippen LogP contribution is 2.22. The summed E-state index contributed by atoms with van der Waals surface area (Å²) in [6.45, 7) is 5.81. The summed E-state index contributed by atoms with van der Waals surface area (Å²) in [5.74, 6) is 0.904. The van der Waals surface area contributed by atoms with Crippen molar-refractivity contribution in [1.29, 1.82) is 0 Å². The van der Waals surface area contributed by atoms with E-state index in [4.69, 9.17) is 0 Å². The van der Waals surface area contributed by atoms with Gasteiger partial charge in [0.15, 0.2) is 0 Å². The summed E-state index contributed by atoms with van der Waals surface area (Å²) < 4.78 is 0. The molecule has 1 N–H and O–H groups in total. The molecule has 2 rings (SSSR count). The van der Waals surface area contributed by atoms with E-state index in [1.165, 1.54) is 37.1 Å². The van der Waals surface area contributed by atoms with Gasteiger partial charge in [-0.1, -0.05) is 13.8 Å². The molecule has 2 heteroatoms. The van der Waals surface area contributed by atoms with Gasteiger partial charge in [-0.25, -0.2) is 0 Å². The van der Waals surface area contributed by atoms with Gasteiger partial charge in [0.2, 0.25) is 0 Å². The highest BCUT2D eigenvalue weighted by Gasteiger charge is 2.18. The number of piperidine rings is 1. The van der Waals surface area contributed by atoms with Crippen LogP contribution in [0.2, 0.25) is 0 Å². The van der Waals surface area contributed by atoms with Crippen LogP contribution >= 0.6 is 11.3 Å². The van der Waals surface area contributed by atoms with Gasteiger partial charge in [-0.3, -0.25) is 0 Å².